The van der Waals surface area contributed by atoms with E-state index in [1.54, 1.807) is 6.92 Å². The van der Waals surface area contributed by atoms with E-state index in [0.717, 1.165) is 0 Å². The Balaban J connectivity index is -0.000000194. The zero-order valence-electron chi connectivity index (χ0n) is 20.6. The summed E-state index contributed by atoms with van der Waals surface area (Å²) in [6.07, 6.45) is 0.453. The molecule has 0 aliphatic rings. The van der Waals surface area contributed by atoms with Crippen LogP contribution in [0, 0.1) is 5.92 Å². The van der Waals surface area contributed by atoms with Crippen molar-refractivity contribution in [1.82, 2.24) is 0 Å². The number of aliphatic carboxylic acids is 6. The van der Waals surface area contributed by atoms with Gasteiger partial charge in [0.2, 0.25) is 0 Å². The molecule has 0 bridgehead atoms. The van der Waals surface area contributed by atoms with Crippen molar-refractivity contribution >= 4 is 35.8 Å². The molecular weight excluding hydrogens is 488 g/mol. The van der Waals surface area contributed by atoms with E-state index in [1.807, 2.05) is 0 Å². The minimum Gasteiger partial charge on any atom is -0.481 e. The average Bonchev–Trinajstić information content (AvgIpc) is 2.71. The highest BCUT2D eigenvalue weighted by Gasteiger charge is 2.19. The first-order chi connectivity index (χ1) is 16.2. The molecule has 0 aliphatic carbocycles. The highest BCUT2D eigenvalue weighted by Crippen LogP contribution is 1.99. The van der Waals surface area contributed by atoms with Gasteiger partial charge in [-0.25, -0.2) is 0 Å². The van der Waals surface area contributed by atoms with Gasteiger partial charge in [0.15, 0.2) is 0 Å². The Labute approximate surface area is 208 Å². The second-order valence-electron chi connectivity index (χ2n) is 8.02. The van der Waals surface area contributed by atoms with E-state index in [2.05, 4.69) is 0 Å². The number of carboxylic acid groups (broad SMARTS) is 6. The molecule has 3 unspecified atom stereocenters. The van der Waals surface area contributed by atoms with Crippen LogP contribution in [0.3, 0.4) is 0 Å². The second-order valence-corrected chi connectivity index (χ2v) is 8.02. The van der Waals surface area contributed by atoms with Gasteiger partial charge in [0.1, 0.15) is 11.6 Å². The molecular formula is C20H40N4O12. The Morgan fingerprint density at radius 1 is 0.750 bits per heavy atom. The van der Waals surface area contributed by atoms with E-state index in [9.17, 15) is 28.8 Å². The van der Waals surface area contributed by atoms with Crippen LogP contribution < -0.4 is 22.9 Å². The summed E-state index contributed by atoms with van der Waals surface area (Å²) < 4.78 is 0. The summed E-state index contributed by atoms with van der Waals surface area (Å²) in [6, 6.07) is -1.49. The van der Waals surface area contributed by atoms with E-state index in [0.29, 0.717) is 6.42 Å². The quantitative estimate of drug-likeness (QED) is 0.134. The van der Waals surface area contributed by atoms with Gasteiger partial charge < -0.3 is 53.6 Å². The SMILES string of the molecule is CC(C)(N)C(=O)O.CC(CN)C(=O)O.NC(CCC(=O)O)CC(=O)O.NC(CCCC(=O)O)C(=O)O. The first-order valence-electron chi connectivity index (χ1n) is 10.5. The minimum atomic E-state index is -1.09. The zero-order chi connectivity index (χ0) is 29.6. The smallest absolute Gasteiger partial charge is 0.323 e. The summed E-state index contributed by atoms with van der Waals surface area (Å²) in [5.41, 5.74) is 19.4. The van der Waals surface area contributed by atoms with Crippen molar-refractivity contribution in [2.75, 3.05) is 6.54 Å². The summed E-state index contributed by atoms with van der Waals surface area (Å²) in [5.74, 6) is -6.18. The summed E-state index contributed by atoms with van der Waals surface area (Å²) in [6.45, 7) is 4.67. The molecule has 0 aliphatic heterocycles. The largest absolute Gasteiger partial charge is 0.481 e. The minimum absolute atomic E-state index is 0.0268. The van der Waals surface area contributed by atoms with Crippen molar-refractivity contribution in [3.8, 4) is 0 Å². The lowest BCUT2D eigenvalue weighted by molar-refractivity contribution is -0.142. The predicted molar refractivity (Wildman–Crippen MR) is 126 cm³/mol. The maximum absolute atomic E-state index is 10.1. The average molecular weight is 529 g/mol. The number of rotatable bonds is 13. The topological polar surface area (TPSA) is 328 Å². The number of nitrogens with two attached hydrogens (primary N) is 4. The van der Waals surface area contributed by atoms with Crippen LogP contribution in [0.5, 0.6) is 0 Å². The van der Waals surface area contributed by atoms with Crippen molar-refractivity contribution in [1.29, 1.82) is 0 Å². The summed E-state index contributed by atoms with van der Waals surface area (Å²) in [4.78, 5) is 59.8. The molecule has 0 heterocycles. The molecule has 0 rings (SSSR count). The van der Waals surface area contributed by atoms with Gasteiger partial charge in [0.25, 0.3) is 0 Å². The van der Waals surface area contributed by atoms with Crippen LogP contribution in [0.2, 0.25) is 0 Å². The molecule has 0 aromatic carbocycles. The maximum atomic E-state index is 10.1. The normalized spacial score (nSPS) is 12.4. The van der Waals surface area contributed by atoms with Gasteiger partial charge in [-0.05, 0) is 33.1 Å². The third-order valence-electron chi connectivity index (χ3n) is 3.72. The van der Waals surface area contributed by atoms with Gasteiger partial charge in [-0.15, -0.1) is 0 Å². The van der Waals surface area contributed by atoms with Crippen molar-refractivity contribution < 1.29 is 59.4 Å². The van der Waals surface area contributed by atoms with Crippen molar-refractivity contribution in [2.45, 2.75) is 76.9 Å². The van der Waals surface area contributed by atoms with Crippen LogP contribution in [0.1, 0.15) is 59.3 Å². The summed E-state index contributed by atoms with van der Waals surface area (Å²) in [5, 5.41) is 49.1. The fourth-order valence-electron chi connectivity index (χ4n) is 1.33. The predicted octanol–water partition coefficient (Wildman–Crippen LogP) is -1.22. The Kier molecular flexibility index (Phi) is 24.5. The third-order valence-corrected chi connectivity index (χ3v) is 3.72. The fourth-order valence-corrected chi connectivity index (χ4v) is 1.33. The van der Waals surface area contributed by atoms with E-state index in [4.69, 9.17) is 53.6 Å². The van der Waals surface area contributed by atoms with Crippen LogP contribution in [-0.2, 0) is 28.8 Å². The highest BCUT2D eigenvalue weighted by molar-refractivity contribution is 5.77. The molecule has 0 spiro atoms. The second kappa shape index (κ2) is 22.1. The van der Waals surface area contributed by atoms with Crippen LogP contribution >= 0.6 is 0 Å². The van der Waals surface area contributed by atoms with Gasteiger partial charge in [0.05, 0.1) is 12.3 Å². The Morgan fingerprint density at radius 3 is 1.39 bits per heavy atom. The van der Waals surface area contributed by atoms with Crippen molar-refractivity contribution in [3.63, 3.8) is 0 Å². The third kappa shape index (κ3) is 35.3. The molecule has 0 fully saturated rings. The number of hydrogen-bond acceptors (Lipinski definition) is 10. The van der Waals surface area contributed by atoms with E-state index in [-0.39, 0.29) is 38.6 Å². The van der Waals surface area contributed by atoms with Crippen LogP contribution in [0.25, 0.3) is 0 Å². The van der Waals surface area contributed by atoms with Gasteiger partial charge >= 0.3 is 35.8 Å². The lowest BCUT2D eigenvalue weighted by Gasteiger charge is -2.09. The molecule has 212 valence electrons. The maximum Gasteiger partial charge on any atom is 0.323 e. The van der Waals surface area contributed by atoms with Gasteiger partial charge in [-0.3, -0.25) is 28.8 Å². The molecule has 0 saturated carbocycles. The lowest BCUT2D eigenvalue weighted by Crippen LogP contribution is -2.41. The Hall–Kier alpha value is -3.34. The molecule has 0 radical (unpaired) electrons. The molecule has 0 aromatic rings. The summed E-state index contributed by atoms with van der Waals surface area (Å²) in [7, 11) is 0. The molecule has 0 aromatic heterocycles. The molecule has 3 atom stereocenters. The van der Waals surface area contributed by atoms with Crippen molar-refractivity contribution in [3.05, 3.63) is 0 Å². The molecule has 16 heteroatoms. The van der Waals surface area contributed by atoms with E-state index in [1.165, 1.54) is 13.8 Å². The molecule has 16 nitrogen and oxygen atoms in total. The van der Waals surface area contributed by atoms with Crippen molar-refractivity contribution in [2.24, 2.45) is 28.9 Å². The zero-order valence-corrected chi connectivity index (χ0v) is 20.6. The standard InChI is InChI=1S/2C6H11NO4.2C4H9NO2/c7-4(3-6(10)11)1-2-5(8)9;7-4(6(10)11)2-1-3-5(8)9;1-4(2,5)3(6)7;1-3(2-5)4(6)7/h2*4H,1-3,7H2,(H,8,9)(H,10,11);5H2,1-2H3,(H,6,7);3H,2,5H2,1H3,(H,6,7). The van der Waals surface area contributed by atoms with Gasteiger partial charge in [-0.2, -0.15) is 0 Å². The fraction of sp³-hybridized carbons (Fsp3) is 0.700. The molecule has 0 amide bonds. The highest BCUT2D eigenvalue weighted by atomic mass is 16.4. The Bertz CT molecular complexity index is 695. The first-order valence-corrected chi connectivity index (χ1v) is 10.5. The molecule has 14 N–H and O–H groups in total. The number of carbonyl (C=O) groups is 6. The lowest BCUT2D eigenvalue weighted by atomic mass is 10.1. The summed E-state index contributed by atoms with van der Waals surface area (Å²) >= 11 is 0. The number of hydrogen-bond donors (Lipinski definition) is 10. The number of carboxylic acids is 6. The monoisotopic (exact) mass is 528 g/mol. The van der Waals surface area contributed by atoms with E-state index >= 15 is 0 Å². The Morgan fingerprint density at radius 2 is 1.17 bits per heavy atom. The molecule has 0 saturated heterocycles. The van der Waals surface area contributed by atoms with E-state index < -0.39 is 59.4 Å². The van der Waals surface area contributed by atoms with Gasteiger partial charge in [-0.1, -0.05) is 6.92 Å². The van der Waals surface area contributed by atoms with Crippen LogP contribution in [0.4, 0.5) is 0 Å². The first kappa shape index (κ1) is 39.9. The molecule has 36 heavy (non-hydrogen) atoms. The van der Waals surface area contributed by atoms with Gasteiger partial charge in [0, 0.05) is 25.4 Å². The van der Waals surface area contributed by atoms with Crippen LogP contribution in [-0.4, -0.2) is 90.6 Å². The van der Waals surface area contributed by atoms with Crippen LogP contribution in [0.15, 0.2) is 0 Å².